The third-order valence-electron chi connectivity index (χ3n) is 5.58. The number of thiazole rings is 1. The number of carbonyl (C=O) groups is 1. The molecule has 5 nitrogen and oxygen atoms in total. The fourth-order valence-corrected chi connectivity index (χ4v) is 4.77. The molecule has 2 aromatic heterocycles. The lowest BCUT2D eigenvalue weighted by molar-refractivity contribution is -0.133. The molecule has 25 heavy (non-hydrogen) atoms. The molecule has 132 valence electrons. The molecule has 0 unspecified atom stereocenters. The zero-order valence-corrected chi connectivity index (χ0v) is 15.5. The molecule has 0 aliphatic carbocycles. The lowest BCUT2D eigenvalue weighted by Gasteiger charge is -2.45. The van der Waals surface area contributed by atoms with Gasteiger partial charge in [0.1, 0.15) is 0 Å². The quantitative estimate of drug-likeness (QED) is 0.845. The second-order valence-corrected chi connectivity index (χ2v) is 8.26. The molecule has 1 spiro atoms. The molecule has 0 N–H and O–H groups in total. The van der Waals surface area contributed by atoms with Gasteiger partial charge in [-0.05, 0) is 37.8 Å². The van der Waals surface area contributed by atoms with Crippen LogP contribution in [0.4, 0.5) is 0 Å². The number of aryl methyl sites for hydroxylation is 1. The molecule has 2 saturated heterocycles. The Kier molecular flexibility index (Phi) is 4.56. The van der Waals surface area contributed by atoms with Gasteiger partial charge < -0.3 is 4.90 Å². The predicted octanol–water partition coefficient (Wildman–Crippen LogP) is 3.00. The van der Waals surface area contributed by atoms with Crippen LogP contribution in [0, 0.1) is 6.92 Å². The highest BCUT2D eigenvalue weighted by molar-refractivity contribution is 7.09. The van der Waals surface area contributed by atoms with Crippen LogP contribution in [-0.2, 0) is 17.9 Å². The smallest absolute Gasteiger partial charge is 0.223 e. The van der Waals surface area contributed by atoms with E-state index in [1.165, 1.54) is 5.56 Å². The van der Waals surface area contributed by atoms with Gasteiger partial charge in [0.2, 0.25) is 5.91 Å². The van der Waals surface area contributed by atoms with Crippen LogP contribution in [-0.4, -0.2) is 44.3 Å². The maximum atomic E-state index is 12.5. The first-order valence-corrected chi connectivity index (χ1v) is 9.85. The molecular formula is C19H24N4OS. The predicted molar refractivity (Wildman–Crippen MR) is 98.1 cm³/mol. The van der Waals surface area contributed by atoms with Gasteiger partial charge in [-0.15, -0.1) is 11.3 Å². The van der Waals surface area contributed by atoms with Crippen molar-refractivity contribution in [1.29, 1.82) is 0 Å². The molecule has 6 heteroatoms. The number of rotatable bonds is 4. The summed E-state index contributed by atoms with van der Waals surface area (Å²) in [5, 5.41) is 3.16. The number of amides is 1. The van der Waals surface area contributed by atoms with Gasteiger partial charge in [0.25, 0.3) is 0 Å². The number of piperidine rings is 1. The van der Waals surface area contributed by atoms with Crippen LogP contribution in [0.5, 0.6) is 0 Å². The van der Waals surface area contributed by atoms with E-state index < -0.39 is 0 Å². The van der Waals surface area contributed by atoms with Crippen LogP contribution >= 0.6 is 11.3 Å². The molecule has 0 atom stereocenters. The van der Waals surface area contributed by atoms with Gasteiger partial charge in [0.15, 0.2) is 0 Å². The van der Waals surface area contributed by atoms with E-state index in [9.17, 15) is 4.79 Å². The van der Waals surface area contributed by atoms with Gasteiger partial charge in [-0.3, -0.25) is 14.7 Å². The zero-order chi connectivity index (χ0) is 17.3. The second-order valence-electron chi connectivity index (χ2n) is 7.20. The molecule has 0 saturated carbocycles. The van der Waals surface area contributed by atoms with E-state index in [0.29, 0.717) is 18.9 Å². The number of hydrogen-bond donors (Lipinski definition) is 0. The maximum absolute atomic E-state index is 12.5. The first-order valence-electron chi connectivity index (χ1n) is 8.97. The number of aromatic nitrogens is 2. The summed E-state index contributed by atoms with van der Waals surface area (Å²) in [5.41, 5.74) is 2.34. The number of hydrogen-bond acceptors (Lipinski definition) is 5. The first kappa shape index (κ1) is 16.7. The van der Waals surface area contributed by atoms with Crippen molar-refractivity contribution in [2.24, 2.45) is 0 Å². The second kappa shape index (κ2) is 6.84. The minimum atomic E-state index is 0.0417. The third kappa shape index (κ3) is 3.46. The molecule has 4 heterocycles. The summed E-state index contributed by atoms with van der Waals surface area (Å²) in [6.45, 7) is 5.71. The topological polar surface area (TPSA) is 49.3 Å². The van der Waals surface area contributed by atoms with Crippen molar-refractivity contribution in [1.82, 2.24) is 19.8 Å². The molecule has 0 radical (unpaired) electrons. The van der Waals surface area contributed by atoms with E-state index in [1.54, 1.807) is 11.3 Å². The molecule has 2 aliphatic rings. The highest BCUT2D eigenvalue weighted by Gasteiger charge is 2.46. The van der Waals surface area contributed by atoms with Gasteiger partial charge in [0.05, 0.1) is 17.2 Å². The summed E-state index contributed by atoms with van der Waals surface area (Å²) < 4.78 is 0. The SMILES string of the molecule is Cc1nc(CN2C(=O)CCC23CCN(Cc2cccnc2)CC3)cs1. The monoisotopic (exact) mass is 356 g/mol. The standard InChI is InChI=1S/C19H24N4OS/c1-15-21-17(14-25-15)13-23-18(24)4-5-19(23)6-9-22(10-7-19)12-16-3-2-8-20-11-16/h2-3,8,11,14H,4-7,9-10,12-13H2,1H3. The Morgan fingerprint density at radius 2 is 2.08 bits per heavy atom. The van der Waals surface area contributed by atoms with Gasteiger partial charge in [-0.25, -0.2) is 4.98 Å². The molecular weight excluding hydrogens is 332 g/mol. The van der Waals surface area contributed by atoms with Crippen molar-refractivity contribution in [3.8, 4) is 0 Å². The highest BCUT2D eigenvalue weighted by atomic mass is 32.1. The lowest BCUT2D eigenvalue weighted by Crippen LogP contribution is -2.52. The average molecular weight is 356 g/mol. The van der Waals surface area contributed by atoms with E-state index in [0.717, 1.165) is 49.6 Å². The Labute approximate surface area is 152 Å². The Morgan fingerprint density at radius 3 is 2.76 bits per heavy atom. The molecule has 2 aliphatic heterocycles. The number of pyridine rings is 1. The van der Waals surface area contributed by atoms with Gasteiger partial charge in [-0.2, -0.15) is 0 Å². The molecule has 2 fully saturated rings. The van der Waals surface area contributed by atoms with E-state index in [4.69, 9.17) is 0 Å². The van der Waals surface area contributed by atoms with Crippen LogP contribution in [0.2, 0.25) is 0 Å². The Balaban J connectivity index is 1.42. The molecule has 0 bridgehead atoms. The van der Waals surface area contributed by atoms with Crippen LogP contribution in [0.25, 0.3) is 0 Å². The summed E-state index contributed by atoms with van der Waals surface area (Å²) >= 11 is 1.66. The lowest BCUT2D eigenvalue weighted by atomic mass is 9.84. The summed E-state index contributed by atoms with van der Waals surface area (Å²) in [4.78, 5) is 25.9. The number of likely N-dealkylation sites (tertiary alicyclic amines) is 2. The summed E-state index contributed by atoms with van der Waals surface area (Å²) in [5.74, 6) is 0.298. The van der Waals surface area contributed by atoms with Crippen molar-refractivity contribution in [2.45, 2.75) is 51.2 Å². The Bertz CT molecular complexity index is 737. The van der Waals surface area contributed by atoms with Crippen LogP contribution in [0.1, 0.15) is 41.9 Å². The summed E-state index contributed by atoms with van der Waals surface area (Å²) in [6.07, 6.45) is 7.56. The largest absolute Gasteiger partial charge is 0.331 e. The van der Waals surface area contributed by atoms with Crippen LogP contribution in [0.15, 0.2) is 29.9 Å². The molecule has 1 amide bonds. The van der Waals surface area contributed by atoms with E-state index >= 15 is 0 Å². The minimum Gasteiger partial charge on any atom is -0.331 e. The fourth-order valence-electron chi connectivity index (χ4n) is 4.17. The van der Waals surface area contributed by atoms with Gasteiger partial charge in [-0.1, -0.05) is 6.07 Å². The Hall–Kier alpha value is -1.79. The van der Waals surface area contributed by atoms with Crippen molar-refractivity contribution in [3.63, 3.8) is 0 Å². The molecule has 4 rings (SSSR count). The molecule has 0 aromatic carbocycles. The van der Waals surface area contributed by atoms with Crippen molar-refractivity contribution in [2.75, 3.05) is 13.1 Å². The average Bonchev–Trinajstić information content (AvgIpc) is 3.17. The summed E-state index contributed by atoms with van der Waals surface area (Å²) in [7, 11) is 0. The van der Waals surface area contributed by atoms with Crippen LogP contribution in [0.3, 0.4) is 0 Å². The maximum Gasteiger partial charge on any atom is 0.223 e. The van der Waals surface area contributed by atoms with Gasteiger partial charge >= 0.3 is 0 Å². The van der Waals surface area contributed by atoms with E-state index in [-0.39, 0.29) is 5.54 Å². The normalized spacial score (nSPS) is 20.5. The first-order chi connectivity index (χ1) is 12.1. The Morgan fingerprint density at radius 1 is 1.24 bits per heavy atom. The van der Waals surface area contributed by atoms with Crippen molar-refractivity contribution >= 4 is 17.2 Å². The zero-order valence-electron chi connectivity index (χ0n) is 14.6. The molecule has 2 aromatic rings. The number of carbonyl (C=O) groups excluding carboxylic acids is 1. The third-order valence-corrected chi connectivity index (χ3v) is 6.40. The van der Waals surface area contributed by atoms with E-state index in [1.807, 2.05) is 25.4 Å². The highest BCUT2D eigenvalue weighted by Crippen LogP contribution is 2.40. The summed E-state index contributed by atoms with van der Waals surface area (Å²) in [6, 6.07) is 4.13. The van der Waals surface area contributed by atoms with E-state index in [2.05, 4.69) is 31.2 Å². The van der Waals surface area contributed by atoms with Crippen LogP contribution < -0.4 is 0 Å². The fraction of sp³-hybridized carbons (Fsp3) is 0.526. The number of nitrogens with zero attached hydrogens (tertiary/aromatic N) is 4. The minimum absolute atomic E-state index is 0.0417. The van der Waals surface area contributed by atoms with Gasteiger partial charge in [0, 0.05) is 49.4 Å². The van der Waals surface area contributed by atoms with Crippen molar-refractivity contribution < 1.29 is 4.79 Å². The van der Waals surface area contributed by atoms with Crippen molar-refractivity contribution in [3.05, 3.63) is 46.2 Å².